The van der Waals surface area contributed by atoms with Gasteiger partial charge in [-0.1, -0.05) is 75.9 Å². The van der Waals surface area contributed by atoms with Crippen molar-refractivity contribution in [2.45, 2.75) is 0 Å². The molecule has 0 amide bonds. The molecule has 0 aliphatic heterocycles. The summed E-state index contributed by atoms with van der Waals surface area (Å²) in [6.07, 6.45) is 20.3. The summed E-state index contributed by atoms with van der Waals surface area (Å²) in [5, 5.41) is 16.2. The maximum absolute atomic E-state index is 4.17. The van der Waals surface area contributed by atoms with Crippen molar-refractivity contribution in [1.82, 2.24) is 0 Å². The quantitative estimate of drug-likeness (QED) is 0.268. The molecule has 0 aliphatic carbocycles. The zero-order chi connectivity index (χ0) is 19.6. The van der Waals surface area contributed by atoms with Gasteiger partial charge in [0.25, 0.3) is 0 Å². The van der Waals surface area contributed by atoms with Crippen LogP contribution >= 0.6 is 0 Å². The monoisotopic (exact) mass is 344 g/mol. The van der Waals surface area contributed by atoms with E-state index in [-0.39, 0.29) is 0 Å². The van der Waals surface area contributed by atoms with Gasteiger partial charge in [0.2, 0.25) is 0 Å². The van der Waals surface area contributed by atoms with Gasteiger partial charge in [-0.05, 0) is 36.5 Å². The van der Waals surface area contributed by atoms with E-state index in [0.29, 0.717) is 22.8 Å². The fourth-order valence-corrected chi connectivity index (χ4v) is 1.32. The summed E-state index contributed by atoms with van der Waals surface area (Å²) in [6.45, 7) is 22.0. The van der Waals surface area contributed by atoms with E-state index in [0.717, 1.165) is 0 Å². The van der Waals surface area contributed by atoms with Crippen LogP contribution in [0.3, 0.4) is 0 Å². The van der Waals surface area contributed by atoms with Crippen LogP contribution in [0.5, 0.6) is 0 Å². The highest BCUT2D eigenvalue weighted by molar-refractivity contribution is 5.29. The molecule has 0 aromatic heterocycles. The van der Waals surface area contributed by atoms with Gasteiger partial charge < -0.3 is 0 Å². The summed E-state index contributed by atoms with van der Waals surface area (Å²) >= 11 is 0. The summed E-state index contributed by atoms with van der Waals surface area (Å²) in [4.78, 5) is 0. The molecule has 132 valence electrons. The van der Waals surface area contributed by atoms with Crippen molar-refractivity contribution in [1.29, 1.82) is 0 Å². The maximum Gasteiger partial charge on any atom is 0.0857 e. The molecule has 0 atom stereocenters. The van der Waals surface area contributed by atoms with E-state index in [2.05, 4.69) is 59.9 Å². The number of nitrogens with zero attached hydrogens (tertiary/aromatic N) is 4. The van der Waals surface area contributed by atoms with Gasteiger partial charge in [0, 0.05) is 0 Å². The number of hydrogen-bond donors (Lipinski definition) is 0. The Kier molecular flexibility index (Phi) is 12.8. The van der Waals surface area contributed by atoms with Crippen molar-refractivity contribution in [2.75, 3.05) is 0 Å². The van der Waals surface area contributed by atoms with Gasteiger partial charge in [-0.25, -0.2) is 0 Å². The third kappa shape index (κ3) is 11.8. The second kappa shape index (κ2) is 14.9. The topological polar surface area (TPSA) is 49.4 Å². The highest BCUT2D eigenvalue weighted by atomic mass is 15.1. The summed E-state index contributed by atoms with van der Waals surface area (Å²) < 4.78 is 0. The average molecular weight is 344 g/mol. The standard InChI is InChI=1S/C22H24N4/c1-7-11-15-19(5)23-24-20(6)17-18-22(14-10-4)26-25-21(13-9-3)16-12-8-2/h7-18H,1-6H2/b15-11-,16-12-,18-17-,21-13+,22-14+,24-23-,26-25-. The Morgan fingerprint density at radius 3 is 1.46 bits per heavy atom. The van der Waals surface area contributed by atoms with E-state index in [1.54, 1.807) is 72.9 Å². The molecule has 0 bridgehead atoms. The van der Waals surface area contributed by atoms with E-state index in [4.69, 9.17) is 0 Å². The van der Waals surface area contributed by atoms with Crippen LogP contribution in [0.15, 0.2) is 156 Å². The molecule has 4 nitrogen and oxygen atoms in total. The van der Waals surface area contributed by atoms with E-state index >= 15 is 0 Å². The zero-order valence-electron chi connectivity index (χ0n) is 15.0. The maximum atomic E-state index is 4.17. The third-order valence-electron chi connectivity index (χ3n) is 2.44. The fraction of sp³-hybridized carbons (Fsp3) is 0. The number of hydrogen-bond acceptors (Lipinski definition) is 4. The Labute approximate surface area is 156 Å². The second-order valence-corrected chi connectivity index (χ2v) is 4.56. The molecule has 26 heavy (non-hydrogen) atoms. The molecule has 0 unspecified atom stereocenters. The normalized spacial score (nSPS) is 13.2. The third-order valence-corrected chi connectivity index (χ3v) is 2.44. The number of rotatable bonds is 12. The van der Waals surface area contributed by atoms with Crippen molar-refractivity contribution in [3.05, 3.63) is 135 Å². The van der Waals surface area contributed by atoms with Crippen molar-refractivity contribution in [3.63, 3.8) is 0 Å². The van der Waals surface area contributed by atoms with Gasteiger partial charge in [0.1, 0.15) is 0 Å². The molecule has 0 aliphatic rings. The average Bonchev–Trinajstić information content (AvgIpc) is 2.64. The van der Waals surface area contributed by atoms with Crippen LogP contribution in [0.1, 0.15) is 0 Å². The van der Waals surface area contributed by atoms with Crippen molar-refractivity contribution >= 4 is 0 Å². The Bertz CT molecular complexity index is 751. The first-order chi connectivity index (χ1) is 12.6. The largest absolute Gasteiger partial charge is 0.151 e. The zero-order valence-corrected chi connectivity index (χ0v) is 15.0. The van der Waals surface area contributed by atoms with Crippen LogP contribution in [0, 0.1) is 0 Å². The van der Waals surface area contributed by atoms with Crippen LogP contribution in [0.2, 0.25) is 0 Å². The second-order valence-electron chi connectivity index (χ2n) is 4.56. The van der Waals surface area contributed by atoms with Gasteiger partial charge in [0.05, 0.1) is 22.8 Å². The molecule has 0 N–H and O–H groups in total. The lowest BCUT2D eigenvalue weighted by Crippen LogP contribution is -1.75. The predicted molar refractivity (Wildman–Crippen MR) is 112 cm³/mol. The van der Waals surface area contributed by atoms with Gasteiger partial charge in [0.15, 0.2) is 0 Å². The van der Waals surface area contributed by atoms with Gasteiger partial charge in [-0.3, -0.25) is 0 Å². The molecule has 0 aromatic carbocycles. The molecule has 0 heterocycles. The molecular formula is C22H24N4. The van der Waals surface area contributed by atoms with Crippen molar-refractivity contribution < 1.29 is 0 Å². The number of allylic oxidation sites excluding steroid dienone is 12. The first-order valence-electron chi connectivity index (χ1n) is 7.70. The van der Waals surface area contributed by atoms with Crippen LogP contribution < -0.4 is 0 Å². The fourth-order valence-electron chi connectivity index (χ4n) is 1.32. The lowest BCUT2D eigenvalue weighted by Gasteiger charge is -1.94. The van der Waals surface area contributed by atoms with Crippen molar-refractivity contribution in [3.8, 4) is 0 Å². The Morgan fingerprint density at radius 2 is 0.962 bits per heavy atom. The molecule has 4 heteroatoms. The minimum Gasteiger partial charge on any atom is -0.151 e. The van der Waals surface area contributed by atoms with E-state index in [1.807, 2.05) is 0 Å². The van der Waals surface area contributed by atoms with Gasteiger partial charge in [-0.15, -0.1) is 0 Å². The van der Waals surface area contributed by atoms with E-state index in [1.165, 1.54) is 0 Å². The van der Waals surface area contributed by atoms with Crippen LogP contribution in [0.25, 0.3) is 0 Å². The molecule has 0 saturated carbocycles. The van der Waals surface area contributed by atoms with Crippen LogP contribution in [-0.2, 0) is 0 Å². The predicted octanol–water partition coefficient (Wildman–Crippen LogP) is 7.10. The molecule has 0 spiro atoms. The Balaban J connectivity index is 5.14. The highest BCUT2D eigenvalue weighted by Gasteiger charge is 1.91. The van der Waals surface area contributed by atoms with E-state index in [9.17, 15) is 0 Å². The molecule has 0 aromatic rings. The van der Waals surface area contributed by atoms with Crippen LogP contribution in [0.4, 0.5) is 0 Å². The lowest BCUT2D eigenvalue weighted by atomic mass is 10.3. The summed E-state index contributed by atoms with van der Waals surface area (Å²) in [5.41, 5.74) is 2.14. The van der Waals surface area contributed by atoms with Gasteiger partial charge in [-0.2, -0.15) is 20.5 Å². The first-order valence-corrected chi connectivity index (χ1v) is 7.70. The SMILES string of the molecule is C=C/C=C\C(=C)/N=N\C(=C)\C=C/C(=C\C=C)/N=N\C(\C=C/C=C)=C\C=C. The lowest BCUT2D eigenvalue weighted by molar-refractivity contribution is 1.11. The first kappa shape index (κ1) is 22.3. The molecule has 0 fully saturated rings. The summed E-state index contributed by atoms with van der Waals surface area (Å²) in [6, 6.07) is 0. The molecule has 0 saturated heterocycles. The Morgan fingerprint density at radius 1 is 0.500 bits per heavy atom. The Hall–Kier alpha value is -3.66. The van der Waals surface area contributed by atoms with Crippen molar-refractivity contribution in [2.24, 2.45) is 20.5 Å². The smallest absolute Gasteiger partial charge is 0.0857 e. The highest BCUT2D eigenvalue weighted by Crippen LogP contribution is 2.09. The van der Waals surface area contributed by atoms with Crippen LogP contribution in [-0.4, -0.2) is 0 Å². The number of azo groups is 2. The molecule has 0 rings (SSSR count). The summed E-state index contributed by atoms with van der Waals surface area (Å²) in [5.74, 6) is 0. The summed E-state index contributed by atoms with van der Waals surface area (Å²) in [7, 11) is 0. The minimum atomic E-state index is 0.441. The van der Waals surface area contributed by atoms with E-state index < -0.39 is 0 Å². The minimum absolute atomic E-state index is 0.441. The molecular weight excluding hydrogens is 320 g/mol. The molecule has 0 radical (unpaired) electrons. The van der Waals surface area contributed by atoms with Gasteiger partial charge >= 0.3 is 0 Å².